The van der Waals surface area contributed by atoms with Crippen molar-refractivity contribution in [1.82, 2.24) is 5.32 Å². The maximum Gasteiger partial charge on any atom is 0.416 e. The van der Waals surface area contributed by atoms with Gasteiger partial charge in [-0.1, -0.05) is 19.1 Å². The van der Waals surface area contributed by atoms with E-state index < -0.39 is 46.2 Å². The molecule has 1 aliphatic rings. The highest BCUT2D eigenvalue weighted by Crippen LogP contribution is 2.31. The lowest BCUT2D eigenvalue weighted by atomic mass is 10.1. The Balaban J connectivity index is 1.37. The number of rotatable bonds is 9. The number of anilines is 1. The molecule has 2 N–H and O–H groups in total. The van der Waals surface area contributed by atoms with Gasteiger partial charge in [0.15, 0.2) is 9.84 Å². The summed E-state index contributed by atoms with van der Waals surface area (Å²) in [4.78, 5) is 27.0. The molecule has 2 amide bonds. The van der Waals surface area contributed by atoms with Gasteiger partial charge in [0.05, 0.1) is 41.8 Å². The van der Waals surface area contributed by atoms with Crippen LogP contribution in [0.2, 0.25) is 0 Å². The number of benzene rings is 3. The van der Waals surface area contributed by atoms with Crippen molar-refractivity contribution in [3.05, 3.63) is 89.5 Å². The minimum absolute atomic E-state index is 0.0415. The van der Waals surface area contributed by atoms with Crippen molar-refractivity contribution in [1.29, 1.82) is 0 Å². The Bertz CT molecular complexity index is 1460. The Morgan fingerprint density at radius 3 is 2.23 bits per heavy atom. The number of hydrogen-bond acceptors (Lipinski definition) is 6. The fourth-order valence-electron chi connectivity index (χ4n) is 4.26. The number of amides is 2. The molecule has 2 atom stereocenters. The summed E-state index contributed by atoms with van der Waals surface area (Å²) in [5, 5.41) is 12.5. The fourth-order valence-corrected chi connectivity index (χ4v) is 5.15. The molecule has 3 aromatic rings. The number of carbonyl (C=O) groups is 2. The molecule has 0 spiro atoms. The van der Waals surface area contributed by atoms with Gasteiger partial charge in [-0.3, -0.25) is 9.59 Å². The van der Waals surface area contributed by atoms with Gasteiger partial charge in [-0.15, -0.1) is 0 Å². The lowest BCUT2D eigenvalue weighted by Gasteiger charge is -2.19. The first-order chi connectivity index (χ1) is 18.9. The zero-order chi connectivity index (χ0) is 29.1. The van der Waals surface area contributed by atoms with E-state index >= 15 is 0 Å². The van der Waals surface area contributed by atoms with Crippen molar-refractivity contribution in [2.24, 2.45) is 0 Å². The number of aliphatic hydroxyl groups excluding tert-OH is 1. The highest BCUT2D eigenvalue weighted by atomic mass is 32.2. The van der Waals surface area contributed by atoms with E-state index in [2.05, 4.69) is 5.32 Å². The predicted molar refractivity (Wildman–Crippen MR) is 141 cm³/mol. The third-order valence-electron chi connectivity index (χ3n) is 6.52. The lowest BCUT2D eigenvalue weighted by Crippen LogP contribution is -2.31. The van der Waals surface area contributed by atoms with Crippen LogP contribution in [-0.2, 0) is 20.8 Å². The Kier molecular flexibility index (Phi) is 8.50. The van der Waals surface area contributed by atoms with Crippen LogP contribution in [0.1, 0.15) is 40.9 Å². The standard InChI is InChI=1S/C28H27F3N2O6S/c1-2-40(37,38)24-13-5-18(6-14-24)25(17-34)32-27(36)19-3-9-21(10-4-19)33-16-23(15-26(33)35)39-22-11-7-20(8-12-22)28(29,30)31/h3-14,23,25,34H,2,15-17H2,1H3,(H,32,36)/t23-,25+/m1/s1. The van der Waals surface area contributed by atoms with Gasteiger partial charge < -0.3 is 20.1 Å². The summed E-state index contributed by atoms with van der Waals surface area (Å²) >= 11 is 0. The first kappa shape index (κ1) is 29.1. The van der Waals surface area contributed by atoms with Crippen LogP contribution in [0.3, 0.4) is 0 Å². The quantitative estimate of drug-likeness (QED) is 0.396. The maximum atomic E-state index is 12.8. The van der Waals surface area contributed by atoms with E-state index in [4.69, 9.17) is 4.74 Å². The number of nitrogens with zero attached hydrogens (tertiary/aromatic N) is 1. The molecule has 12 heteroatoms. The van der Waals surface area contributed by atoms with Gasteiger partial charge in [-0.25, -0.2) is 8.42 Å². The van der Waals surface area contributed by atoms with E-state index in [9.17, 15) is 36.3 Å². The molecule has 1 heterocycles. The van der Waals surface area contributed by atoms with Gasteiger partial charge in [-0.2, -0.15) is 13.2 Å². The zero-order valence-corrected chi connectivity index (χ0v) is 22.2. The monoisotopic (exact) mass is 576 g/mol. The van der Waals surface area contributed by atoms with Crippen LogP contribution in [0, 0.1) is 0 Å². The van der Waals surface area contributed by atoms with Gasteiger partial charge >= 0.3 is 6.18 Å². The van der Waals surface area contributed by atoms with Crippen LogP contribution in [0.15, 0.2) is 77.7 Å². The normalized spacial score (nSPS) is 16.6. The topological polar surface area (TPSA) is 113 Å². The molecule has 0 aromatic heterocycles. The van der Waals surface area contributed by atoms with Gasteiger partial charge in [-0.05, 0) is 66.2 Å². The summed E-state index contributed by atoms with van der Waals surface area (Å²) in [7, 11) is -3.38. The van der Waals surface area contributed by atoms with Crippen molar-refractivity contribution < 1.29 is 41.0 Å². The average Bonchev–Trinajstić information content (AvgIpc) is 3.31. The van der Waals surface area contributed by atoms with E-state index in [0.717, 1.165) is 12.1 Å². The number of carbonyl (C=O) groups excluding carboxylic acids is 2. The number of sulfone groups is 1. The van der Waals surface area contributed by atoms with E-state index in [1.807, 2.05) is 0 Å². The number of halogens is 3. The second-order valence-corrected chi connectivity index (χ2v) is 11.5. The van der Waals surface area contributed by atoms with Crippen molar-refractivity contribution in [3.63, 3.8) is 0 Å². The fraction of sp³-hybridized carbons (Fsp3) is 0.286. The van der Waals surface area contributed by atoms with Gasteiger partial charge in [0.25, 0.3) is 5.91 Å². The largest absolute Gasteiger partial charge is 0.488 e. The molecule has 3 aromatic carbocycles. The molecule has 212 valence electrons. The highest BCUT2D eigenvalue weighted by Gasteiger charge is 2.33. The van der Waals surface area contributed by atoms with E-state index in [1.54, 1.807) is 19.1 Å². The molecule has 0 bridgehead atoms. The molecule has 8 nitrogen and oxygen atoms in total. The van der Waals surface area contributed by atoms with Gasteiger partial charge in [0.2, 0.25) is 5.91 Å². The summed E-state index contributed by atoms with van der Waals surface area (Å²) in [5.41, 5.74) is 0.533. The highest BCUT2D eigenvalue weighted by molar-refractivity contribution is 7.91. The average molecular weight is 577 g/mol. The number of ether oxygens (including phenoxy) is 1. The van der Waals surface area contributed by atoms with Crippen molar-refractivity contribution in [3.8, 4) is 5.75 Å². The van der Waals surface area contributed by atoms with Crippen molar-refractivity contribution >= 4 is 27.3 Å². The SMILES string of the molecule is CCS(=O)(=O)c1ccc([C@H](CO)NC(=O)c2ccc(N3C[C@H](Oc4ccc(C(F)(F)F)cc4)CC3=O)cc2)cc1. The molecule has 0 aliphatic carbocycles. The van der Waals surface area contributed by atoms with Crippen LogP contribution in [0.4, 0.5) is 18.9 Å². The lowest BCUT2D eigenvalue weighted by molar-refractivity contribution is -0.137. The molecule has 0 radical (unpaired) electrons. The van der Waals surface area contributed by atoms with Crippen LogP contribution >= 0.6 is 0 Å². The molecule has 0 unspecified atom stereocenters. The van der Waals surface area contributed by atoms with Gasteiger partial charge in [0, 0.05) is 11.3 Å². The second-order valence-electron chi connectivity index (χ2n) is 9.20. The first-order valence-corrected chi connectivity index (χ1v) is 14.0. The Hall–Kier alpha value is -3.90. The number of nitrogens with one attached hydrogen (secondary N) is 1. The summed E-state index contributed by atoms with van der Waals surface area (Å²) in [6, 6.07) is 15.6. The summed E-state index contributed by atoms with van der Waals surface area (Å²) in [6.45, 7) is 1.31. The molecule has 40 heavy (non-hydrogen) atoms. The number of aliphatic hydroxyl groups is 1. The third kappa shape index (κ3) is 6.62. The molecular weight excluding hydrogens is 549 g/mol. The second kappa shape index (κ2) is 11.7. The Morgan fingerprint density at radius 1 is 1.05 bits per heavy atom. The van der Waals surface area contributed by atoms with Crippen LogP contribution in [0.25, 0.3) is 0 Å². The van der Waals surface area contributed by atoms with Crippen molar-refractivity contribution in [2.75, 3.05) is 23.8 Å². The van der Waals surface area contributed by atoms with E-state index in [0.29, 0.717) is 11.3 Å². The van der Waals surface area contributed by atoms with Crippen LogP contribution in [-0.4, -0.2) is 50.3 Å². The third-order valence-corrected chi connectivity index (χ3v) is 8.28. The smallest absolute Gasteiger partial charge is 0.416 e. The van der Waals surface area contributed by atoms with Crippen LogP contribution in [0.5, 0.6) is 5.75 Å². The number of alkyl halides is 3. The molecule has 4 rings (SSSR count). The summed E-state index contributed by atoms with van der Waals surface area (Å²) < 4.78 is 68.0. The number of hydrogen-bond donors (Lipinski definition) is 2. The molecule has 1 aliphatic heterocycles. The first-order valence-electron chi connectivity index (χ1n) is 12.4. The zero-order valence-electron chi connectivity index (χ0n) is 21.4. The Morgan fingerprint density at radius 2 is 1.68 bits per heavy atom. The Labute approximate surface area is 229 Å². The predicted octanol–water partition coefficient (Wildman–Crippen LogP) is 4.15. The molecule has 1 saturated heterocycles. The van der Waals surface area contributed by atoms with E-state index in [1.165, 1.54) is 53.4 Å². The maximum absolute atomic E-state index is 12.8. The van der Waals surface area contributed by atoms with Crippen LogP contribution < -0.4 is 15.0 Å². The van der Waals surface area contributed by atoms with Crippen molar-refractivity contribution in [2.45, 2.75) is 36.6 Å². The molecule has 0 saturated carbocycles. The summed E-state index contributed by atoms with van der Waals surface area (Å²) in [5.74, 6) is -0.534. The molecule has 1 fully saturated rings. The molecular formula is C28H27F3N2O6S. The van der Waals surface area contributed by atoms with E-state index in [-0.39, 0.29) is 40.8 Å². The summed E-state index contributed by atoms with van der Waals surface area (Å²) in [6.07, 6.45) is -4.97. The minimum Gasteiger partial charge on any atom is -0.488 e. The van der Waals surface area contributed by atoms with Gasteiger partial charge in [0.1, 0.15) is 11.9 Å². The minimum atomic E-state index is -4.45.